The van der Waals surface area contributed by atoms with Gasteiger partial charge in [-0.2, -0.15) is 0 Å². The average Bonchev–Trinajstić information content (AvgIpc) is 3.12. The van der Waals surface area contributed by atoms with Crippen molar-refractivity contribution in [3.63, 3.8) is 0 Å². The third-order valence-electron chi connectivity index (χ3n) is 4.22. The minimum atomic E-state index is -3.98. The fraction of sp³-hybridized carbons (Fsp3) is 0.0526. The van der Waals surface area contributed by atoms with Crippen LogP contribution in [-0.2, 0) is 10.0 Å². The lowest BCUT2D eigenvalue weighted by molar-refractivity contribution is -0.385. The van der Waals surface area contributed by atoms with E-state index in [1.165, 1.54) is 23.5 Å². The predicted octanol–water partition coefficient (Wildman–Crippen LogP) is 4.38. The Kier molecular flexibility index (Phi) is 4.73. The number of hydrogen-bond acceptors (Lipinski definition) is 7. The van der Waals surface area contributed by atoms with Crippen LogP contribution >= 0.6 is 11.3 Å². The summed E-state index contributed by atoms with van der Waals surface area (Å²) in [5.74, 6) is 0. The molecule has 0 fully saturated rings. The number of pyridine rings is 1. The van der Waals surface area contributed by atoms with E-state index in [9.17, 15) is 18.5 Å². The van der Waals surface area contributed by atoms with Gasteiger partial charge in [-0.15, -0.1) is 0 Å². The number of rotatable bonds is 5. The molecule has 0 amide bonds. The summed E-state index contributed by atoms with van der Waals surface area (Å²) < 4.78 is 27.9. The first kappa shape index (κ1) is 19.0. The average molecular weight is 426 g/mol. The van der Waals surface area contributed by atoms with Crippen LogP contribution in [0.4, 0.5) is 11.4 Å². The van der Waals surface area contributed by atoms with Crippen molar-refractivity contribution in [1.82, 2.24) is 9.97 Å². The Bertz CT molecular complexity index is 1300. The largest absolute Gasteiger partial charge is 0.280 e. The van der Waals surface area contributed by atoms with Gasteiger partial charge in [0, 0.05) is 29.6 Å². The third-order valence-corrected chi connectivity index (χ3v) is 6.77. The summed E-state index contributed by atoms with van der Waals surface area (Å²) in [5.41, 5.74) is 2.12. The van der Waals surface area contributed by atoms with Crippen LogP contribution in [0.15, 0.2) is 65.7 Å². The molecule has 0 bridgehead atoms. The summed E-state index contributed by atoms with van der Waals surface area (Å²) in [6, 6.07) is 14.2. The van der Waals surface area contributed by atoms with Gasteiger partial charge in [-0.3, -0.25) is 14.8 Å². The number of fused-ring (bicyclic) bond motifs is 1. The standard InChI is InChI=1S/C19H14N4O4S2/c1-12-4-9-15(23(24)25)11-17(12)29(26,27)22-14-7-5-13(6-8-14)18-21-16-3-2-10-20-19(16)28-18/h2-11,22H,1H3. The van der Waals surface area contributed by atoms with Crippen LogP contribution in [0.3, 0.4) is 0 Å². The second-order valence-corrected chi connectivity index (χ2v) is 8.86. The highest BCUT2D eigenvalue weighted by atomic mass is 32.2. The minimum absolute atomic E-state index is 0.131. The number of anilines is 1. The zero-order valence-electron chi connectivity index (χ0n) is 15.1. The Morgan fingerprint density at radius 3 is 2.55 bits per heavy atom. The maximum absolute atomic E-state index is 12.7. The van der Waals surface area contributed by atoms with Crippen molar-refractivity contribution in [2.45, 2.75) is 11.8 Å². The van der Waals surface area contributed by atoms with Crippen LogP contribution in [-0.4, -0.2) is 23.3 Å². The minimum Gasteiger partial charge on any atom is -0.280 e. The van der Waals surface area contributed by atoms with Gasteiger partial charge in [-0.25, -0.2) is 18.4 Å². The molecule has 0 spiro atoms. The summed E-state index contributed by atoms with van der Waals surface area (Å²) in [4.78, 5) is 19.8. The molecule has 10 heteroatoms. The zero-order valence-corrected chi connectivity index (χ0v) is 16.7. The topological polar surface area (TPSA) is 115 Å². The van der Waals surface area contributed by atoms with E-state index in [4.69, 9.17) is 0 Å². The lowest BCUT2D eigenvalue weighted by atomic mass is 10.2. The van der Waals surface area contributed by atoms with Gasteiger partial charge in [0.25, 0.3) is 15.7 Å². The van der Waals surface area contributed by atoms with E-state index in [0.717, 1.165) is 27.0 Å². The number of sulfonamides is 1. The van der Waals surface area contributed by atoms with E-state index in [-0.39, 0.29) is 10.6 Å². The molecule has 0 atom stereocenters. The first-order valence-corrected chi connectivity index (χ1v) is 10.7. The first-order valence-electron chi connectivity index (χ1n) is 8.43. The molecule has 2 heterocycles. The van der Waals surface area contributed by atoms with Crippen molar-refractivity contribution in [2.75, 3.05) is 4.72 Å². The Labute approximate surface area is 170 Å². The number of nitro benzene ring substituents is 1. The molecule has 29 heavy (non-hydrogen) atoms. The van der Waals surface area contributed by atoms with E-state index in [2.05, 4.69) is 14.7 Å². The van der Waals surface area contributed by atoms with Gasteiger partial charge in [-0.05, 0) is 48.9 Å². The number of nitrogens with one attached hydrogen (secondary N) is 1. The lowest BCUT2D eigenvalue weighted by Gasteiger charge is -2.10. The van der Waals surface area contributed by atoms with Crippen molar-refractivity contribution in [2.24, 2.45) is 0 Å². The molecular weight excluding hydrogens is 412 g/mol. The van der Waals surface area contributed by atoms with Gasteiger partial charge >= 0.3 is 0 Å². The highest BCUT2D eigenvalue weighted by Gasteiger charge is 2.20. The fourth-order valence-electron chi connectivity index (χ4n) is 2.78. The molecule has 1 N–H and O–H groups in total. The van der Waals surface area contributed by atoms with Crippen molar-refractivity contribution < 1.29 is 13.3 Å². The summed E-state index contributed by atoms with van der Waals surface area (Å²) >= 11 is 1.45. The maximum Gasteiger partial charge on any atom is 0.270 e. The Hall–Kier alpha value is -3.37. The molecular formula is C19H14N4O4S2. The molecule has 0 saturated heterocycles. The third kappa shape index (κ3) is 3.80. The van der Waals surface area contributed by atoms with Crippen LogP contribution < -0.4 is 4.72 Å². The van der Waals surface area contributed by atoms with Crippen molar-refractivity contribution >= 4 is 43.1 Å². The van der Waals surface area contributed by atoms with Gasteiger partial charge in [0.15, 0.2) is 0 Å². The first-order chi connectivity index (χ1) is 13.8. The summed E-state index contributed by atoms with van der Waals surface area (Å²) in [5, 5.41) is 11.7. The van der Waals surface area contributed by atoms with Crippen LogP contribution in [0.25, 0.3) is 20.9 Å². The molecule has 0 saturated carbocycles. The molecule has 0 unspecified atom stereocenters. The smallest absolute Gasteiger partial charge is 0.270 e. The maximum atomic E-state index is 12.7. The molecule has 4 rings (SSSR count). The number of aryl methyl sites for hydroxylation is 1. The van der Waals surface area contributed by atoms with Gasteiger partial charge in [0.1, 0.15) is 15.4 Å². The van der Waals surface area contributed by atoms with E-state index < -0.39 is 14.9 Å². The molecule has 2 aromatic heterocycles. The molecule has 2 aromatic carbocycles. The number of benzene rings is 2. The second-order valence-electron chi connectivity index (χ2n) is 6.24. The number of nitro groups is 1. The lowest BCUT2D eigenvalue weighted by Crippen LogP contribution is -2.14. The van der Waals surface area contributed by atoms with E-state index in [1.807, 2.05) is 12.1 Å². The van der Waals surface area contributed by atoms with Crippen LogP contribution in [0.2, 0.25) is 0 Å². The van der Waals surface area contributed by atoms with Crippen LogP contribution in [0.5, 0.6) is 0 Å². The Morgan fingerprint density at radius 1 is 1.10 bits per heavy atom. The molecule has 0 aliphatic rings. The molecule has 146 valence electrons. The van der Waals surface area contributed by atoms with Crippen molar-refractivity contribution in [3.05, 3.63) is 76.5 Å². The fourth-order valence-corrected chi connectivity index (χ4v) is 5.01. The van der Waals surface area contributed by atoms with Crippen LogP contribution in [0.1, 0.15) is 5.56 Å². The van der Waals surface area contributed by atoms with Crippen molar-refractivity contribution in [3.8, 4) is 10.6 Å². The molecule has 8 nitrogen and oxygen atoms in total. The molecule has 4 aromatic rings. The highest BCUT2D eigenvalue weighted by molar-refractivity contribution is 7.92. The normalized spacial score (nSPS) is 11.5. The zero-order chi connectivity index (χ0) is 20.6. The summed E-state index contributed by atoms with van der Waals surface area (Å²) in [6.45, 7) is 1.59. The van der Waals surface area contributed by atoms with Gasteiger partial charge in [-0.1, -0.05) is 17.4 Å². The van der Waals surface area contributed by atoms with Gasteiger partial charge in [0.2, 0.25) is 0 Å². The number of thiazole rings is 1. The van der Waals surface area contributed by atoms with E-state index in [0.29, 0.717) is 11.3 Å². The number of nitrogens with zero attached hydrogens (tertiary/aromatic N) is 3. The predicted molar refractivity (Wildman–Crippen MR) is 111 cm³/mol. The highest BCUT2D eigenvalue weighted by Crippen LogP contribution is 2.30. The Balaban J connectivity index is 1.61. The Morgan fingerprint density at radius 2 is 1.86 bits per heavy atom. The number of non-ortho nitro benzene ring substituents is 1. The van der Waals surface area contributed by atoms with Gasteiger partial charge < -0.3 is 0 Å². The summed E-state index contributed by atoms with van der Waals surface area (Å²) in [6.07, 6.45) is 1.71. The molecule has 0 radical (unpaired) electrons. The van der Waals surface area contributed by atoms with Crippen LogP contribution in [0, 0.1) is 17.0 Å². The van der Waals surface area contributed by atoms with E-state index >= 15 is 0 Å². The summed E-state index contributed by atoms with van der Waals surface area (Å²) in [7, 11) is -3.98. The van der Waals surface area contributed by atoms with Gasteiger partial charge in [0.05, 0.1) is 9.82 Å². The SMILES string of the molecule is Cc1ccc([N+](=O)[O-])cc1S(=O)(=O)Nc1ccc(-c2nc3cccnc3s2)cc1. The monoisotopic (exact) mass is 426 g/mol. The number of hydrogen-bond donors (Lipinski definition) is 1. The molecule has 0 aliphatic heterocycles. The quantitative estimate of drug-likeness (QED) is 0.374. The molecule has 0 aliphatic carbocycles. The van der Waals surface area contributed by atoms with E-state index in [1.54, 1.807) is 37.4 Å². The second kappa shape index (κ2) is 7.22. The number of aromatic nitrogens is 2. The van der Waals surface area contributed by atoms with Crippen molar-refractivity contribution in [1.29, 1.82) is 0 Å².